The molecular weight excluding hydrogens is 310 g/mol. The normalized spacial score (nSPS) is 14.6. The fraction of sp³-hybridized carbons (Fsp3) is 0.200. The number of halogens is 1. The van der Waals surface area contributed by atoms with Crippen LogP contribution in [0.15, 0.2) is 59.5 Å². The van der Waals surface area contributed by atoms with Gasteiger partial charge in [-0.15, -0.1) is 0 Å². The first-order valence-electron chi connectivity index (χ1n) is 6.41. The average molecular weight is 326 g/mol. The van der Waals surface area contributed by atoms with E-state index in [-0.39, 0.29) is 4.90 Å². The molecule has 2 rings (SSSR count). The van der Waals surface area contributed by atoms with Crippen LogP contribution in [-0.4, -0.2) is 19.6 Å². The van der Waals surface area contributed by atoms with Crippen LogP contribution in [0.5, 0.6) is 0 Å². The highest BCUT2D eigenvalue weighted by molar-refractivity contribution is 7.89. The predicted molar refractivity (Wildman–Crippen MR) is 82.6 cm³/mol. The van der Waals surface area contributed by atoms with Crippen molar-refractivity contribution in [2.45, 2.75) is 24.0 Å². The number of sulfonamides is 1. The summed E-state index contributed by atoms with van der Waals surface area (Å²) >= 11 is 5.74. The third-order valence-electron chi connectivity index (χ3n) is 3.08. The molecule has 2 atom stereocenters. The SMILES string of the molecule is C[C@@H](NS(=O)(=O)c1ccc(Cl)cc1)[C@H](O)c1ccccc1. The summed E-state index contributed by atoms with van der Waals surface area (Å²) in [6, 6.07) is 14.1. The molecule has 2 aromatic rings. The van der Waals surface area contributed by atoms with Gasteiger partial charge in [0.25, 0.3) is 0 Å². The van der Waals surface area contributed by atoms with Crippen LogP contribution in [0.4, 0.5) is 0 Å². The minimum Gasteiger partial charge on any atom is -0.387 e. The van der Waals surface area contributed by atoms with Crippen LogP contribution in [0.1, 0.15) is 18.6 Å². The predicted octanol–water partition coefficient (Wildman–Crippen LogP) is 2.74. The maximum absolute atomic E-state index is 12.2. The van der Waals surface area contributed by atoms with Gasteiger partial charge in [-0.2, -0.15) is 0 Å². The highest BCUT2D eigenvalue weighted by Crippen LogP contribution is 2.19. The Balaban J connectivity index is 2.14. The molecular formula is C15H16ClNO3S. The van der Waals surface area contributed by atoms with Crippen LogP contribution in [0.2, 0.25) is 5.02 Å². The lowest BCUT2D eigenvalue weighted by Crippen LogP contribution is -2.37. The van der Waals surface area contributed by atoms with Crippen LogP contribution in [0, 0.1) is 0 Å². The smallest absolute Gasteiger partial charge is 0.240 e. The summed E-state index contributed by atoms with van der Waals surface area (Å²) in [5.41, 5.74) is 0.656. The number of benzene rings is 2. The fourth-order valence-corrected chi connectivity index (χ4v) is 3.30. The zero-order valence-electron chi connectivity index (χ0n) is 11.4. The lowest BCUT2D eigenvalue weighted by Gasteiger charge is -2.20. The van der Waals surface area contributed by atoms with E-state index in [1.807, 2.05) is 6.07 Å². The average Bonchev–Trinajstić information content (AvgIpc) is 2.47. The molecule has 0 saturated carbocycles. The Kier molecular flexibility index (Phi) is 5.00. The van der Waals surface area contributed by atoms with Crippen molar-refractivity contribution in [1.29, 1.82) is 0 Å². The van der Waals surface area contributed by atoms with E-state index in [2.05, 4.69) is 4.72 Å². The van der Waals surface area contributed by atoms with Crippen molar-refractivity contribution in [3.05, 3.63) is 65.2 Å². The number of aliphatic hydroxyl groups excluding tert-OH is 1. The van der Waals surface area contributed by atoms with Crippen LogP contribution in [0.25, 0.3) is 0 Å². The monoisotopic (exact) mass is 325 g/mol. The van der Waals surface area contributed by atoms with Gasteiger partial charge in [0.05, 0.1) is 11.0 Å². The minimum atomic E-state index is -3.70. The zero-order chi connectivity index (χ0) is 15.5. The maximum Gasteiger partial charge on any atom is 0.240 e. The molecule has 0 amide bonds. The molecule has 0 fully saturated rings. The largest absolute Gasteiger partial charge is 0.387 e. The van der Waals surface area contributed by atoms with Crippen LogP contribution < -0.4 is 4.72 Å². The third-order valence-corrected chi connectivity index (χ3v) is 4.91. The molecule has 2 aromatic carbocycles. The molecule has 0 saturated heterocycles. The number of nitrogens with one attached hydrogen (secondary N) is 1. The van der Waals surface area contributed by atoms with E-state index in [4.69, 9.17) is 11.6 Å². The van der Waals surface area contributed by atoms with Gasteiger partial charge in [-0.1, -0.05) is 41.9 Å². The van der Waals surface area contributed by atoms with Crippen molar-refractivity contribution >= 4 is 21.6 Å². The molecule has 0 heterocycles. The summed E-state index contributed by atoms with van der Waals surface area (Å²) in [6.07, 6.45) is -0.923. The molecule has 21 heavy (non-hydrogen) atoms. The van der Waals surface area contributed by atoms with Gasteiger partial charge in [-0.3, -0.25) is 0 Å². The number of hydrogen-bond acceptors (Lipinski definition) is 3. The summed E-state index contributed by atoms with van der Waals surface area (Å²) in [6.45, 7) is 1.62. The third kappa shape index (κ3) is 4.04. The van der Waals surface area contributed by atoms with Crippen molar-refractivity contribution in [2.24, 2.45) is 0 Å². The van der Waals surface area contributed by atoms with Crippen LogP contribution in [-0.2, 0) is 10.0 Å². The summed E-state index contributed by atoms with van der Waals surface area (Å²) in [5, 5.41) is 10.7. The van der Waals surface area contributed by atoms with E-state index < -0.39 is 22.2 Å². The second-order valence-electron chi connectivity index (χ2n) is 4.72. The Morgan fingerprint density at radius 3 is 2.19 bits per heavy atom. The molecule has 2 N–H and O–H groups in total. The maximum atomic E-state index is 12.2. The van der Waals surface area contributed by atoms with Crippen molar-refractivity contribution in [2.75, 3.05) is 0 Å². The summed E-state index contributed by atoms with van der Waals surface area (Å²) < 4.78 is 26.9. The zero-order valence-corrected chi connectivity index (χ0v) is 13.0. The Hall–Kier alpha value is -1.40. The summed E-state index contributed by atoms with van der Waals surface area (Å²) in [5.74, 6) is 0. The molecule has 0 spiro atoms. The van der Waals surface area contributed by atoms with Crippen molar-refractivity contribution < 1.29 is 13.5 Å². The van der Waals surface area contributed by atoms with E-state index in [1.165, 1.54) is 24.3 Å². The first-order valence-corrected chi connectivity index (χ1v) is 8.27. The molecule has 0 bridgehead atoms. The molecule has 6 heteroatoms. The highest BCUT2D eigenvalue weighted by Gasteiger charge is 2.23. The van der Waals surface area contributed by atoms with Crippen molar-refractivity contribution in [3.8, 4) is 0 Å². The van der Waals surface area contributed by atoms with Crippen LogP contribution >= 0.6 is 11.6 Å². The van der Waals surface area contributed by atoms with Gasteiger partial charge in [0.15, 0.2) is 0 Å². The second-order valence-corrected chi connectivity index (χ2v) is 6.87. The summed E-state index contributed by atoms with van der Waals surface area (Å²) in [7, 11) is -3.70. The Bertz CT molecular complexity index is 687. The van der Waals surface area contributed by atoms with Crippen molar-refractivity contribution in [1.82, 2.24) is 4.72 Å². The first-order chi connectivity index (χ1) is 9.90. The fourth-order valence-electron chi connectivity index (χ4n) is 1.93. The van der Waals surface area contributed by atoms with Gasteiger partial charge in [-0.25, -0.2) is 13.1 Å². The van der Waals surface area contributed by atoms with Gasteiger partial charge < -0.3 is 5.11 Å². The highest BCUT2D eigenvalue weighted by atomic mass is 35.5. The van der Waals surface area contributed by atoms with Gasteiger partial charge in [0.1, 0.15) is 0 Å². The number of aliphatic hydroxyl groups is 1. The Morgan fingerprint density at radius 2 is 1.62 bits per heavy atom. The van der Waals surface area contributed by atoms with Crippen LogP contribution in [0.3, 0.4) is 0 Å². The molecule has 4 nitrogen and oxygen atoms in total. The van der Waals surface area contributed by atoms with Gasteiger partial charge in [0, 0.05) is 11.1 Å². The molecule has 0 aliphatic carbocycles. The standard InChI is InChI=1S/C15H16ClNO3S/c1-11(15(18)12-5-3-2-4-6-12)17-21(19,20)14-9-7-13(16)8-10-14/h2-11,15,17-18H,1H3/t11-,15+/m1/s1. The Morgan fingerprint density at radius 1 is 1.05 bits per heavy atom. The summed E-state index contributed by atoms with van der Waals surface area (Å²) in [4.78, 5) is 0.110. The quantitative estimate of drug-likeness (QED) is 0.888. The minimum absolute atomic E-state index is 0.110. The molecule has 112 valence electrons. The molecule has 0 aliphatic rings. The van der Waals surface area contributed by atoms with E-state index in [1.54, 1.807) is 31.2 Å². The number of hydrogen-bond donors (Lipinski definition) is 2. The van der Waals surface area contributed by atoms with Gasteiger partial charge in [-0.05, 0) is 36.8 Å². The molecule has 0 radical (unpaired) electrons. The van der Waals surface area contributed by atoms with E-state index in [9.17, 15) is 13.5 Å². The van der Waals surface area contributed by atoms with Gasteiger partial charge >= 0.3 is 0 Å². The van der Waals surface area contributed by atoms with Gasteiger partial charge in [0.2, 0.25) is 10.0 Å². The first kappa shape index (κ1) is 16.0. The lowest BCUT2D eigenvalue weighted by atomic mass is 10.0. The van der Waals surface area contributed by atoms with Crippen molar-refractivity contribution in [3.63, 3.8) is 0 Å². The number of rotatable bonds is 5. The van der Waals surface area contributed by atoms with E-state index >= 15 is 0 Å². The van der Waals surface area contributed by atoms with E-state index in [0.29, 0.717) is 10.6 Å². The molecule has 0 aliphatic heterocycles. The Labute approximate surface area is 129 Å². The lowest BCUT2D eigenvalue weighted by molar-refractivity contribution is 0.146. The molecule has 0 aromatic heterocycles. The second kappa shape index (κ2) is 6.58. The molecule has 0 unspecified atom stereocenters. The van der Waals surface area contributed by atoms with E-state index in [0.717, 1.165) is 0 Å². The topological polar surface area (TPSA) is 66.4 Å².